The number of aryl methyl sites for hydroxylation is 4. The molecule has 0 bridgehead atoms. The lowest BCUT2D eigenvalue weighted by atomic mass is 9.92. The van der Waals surface area contributed by atoms with Gasteiger partial charge in [-0.2, -0.15) is 4.98 Å². The molecule has 2 heterocycles. The molecule has 1 aliphatic rings. The molecular formula is C29H27FN4O2. The maximum atomic E-state index is 13.5. The van der Waals surface area contributed by atoms with Crippen LogP contribution in [0.3, 0.4) is 0 Å². The highest BCUT2D eigenvalue weighted by Gasteiger charge is 2.36. The van der Waals surface area contributed by atoms with Crippen LogP contribution < -0.4 is 10.2 Å². The van der Waals surface area contributed by atoms with Crippen molar-refractivity contribution >= 4 is 17.3 Å². The molecule has 2 amide bonds. The molecule has 1 unspecified atom stereocenters. The second-order valence-corrected chi connectivity index (χ2v) is 9.26. The van der Waals surface area contributed by atoms with E-state index in [9.17, 15) is 9.18 Å². The molecule has 0 saturated carbocycles. The normalized spacial score (nSPS) is 15.9. The van der Waals surface area contributed by atoms with Gasteiger partial charge in [0, 0.05) is 11.3 Å². The number of allylic oxidation sites excluding steroid dienone is 1. The molecule has 7 heteroatoms. The van der Waals surface area contributed by atoms with E-state index in [0.29, 0.717) is 28.5 Å². The summed E-state index contributed by atoms with van der Waals surface area (Å²) in [5.41, 5.74) is 8.22. The highest BCUT2D eigenvalue weighted by Crippen LogP contribution is 2.39. The number of carbonyl (C=O) groups is 1. The number of hydrogen-bond donors (Lipinski definition) is 1. The Hall–Kier alpha value is -4.26. The highest BCUT2D eigenvalue weighted by atomic mass is 19.1. The fourth-order valence-corrected chi connectivity index (χ4v) is 4.44. The molecule has 0 radical (unpaired) electrons. The topological polar surface area (TPSA) is 71.3 Å². The smallest absolute Gasteiger partial charge is 0.326 e. The maximum absolute atomic E-state index is 13.5. The van der Waals surface area contributed by atoms with Gasteiger partial charge in [0.05, 0.1) is 17.3 Å². The number of nitrogens with one attached hydrogen (secondary N) is 1. The minimum absolute atomic E-state index is 0.235. The van der Waals surface area contributed by atoms with Crippen LogP contribution in [0, 0.1) is 33.5 Å². The molecule has 1 aromatic heterocycles. The van der Waals surface area contributed by atoms with E-state index in [1.54, 1.807) is 17.0 Å². The molecule has 36 heavy (non-hydrogen) atoms. The number of benzene rings is 3. The van der Waals surface area contributed by atoms with Gasteiger partial charge in [0.15, 0.2) is 0 Å². The first-order valence-electron chi connectivity index (χ1n) is 11.8. The average molecular weight is 483 g/mol. The van der Waals surface area contributed by atoms with Gasteiger partial charge in [-0.3, -0.25) is 4.90 Å². The summed E-state index contributed by atoms with van der Waals surface area (Å²) in [5.74, 6) is 0.303. The summed E-state index contributed by atoms with van der Waals surface area (Å²) in [6.45, 7) is 10.0. The lowest BCUT2D eigenvalue weighted by Crippen LogP contribution is -2.46. The number of amides is 2. The summed E-state index contributed by atoms with van der Waals surface area (Å²) in [4.78, 5) is 19.7. The second-order valence-electron chi connectivity index (χ2n) is 9.26. The molecule has 3 aromatic carbocycles. The van der Waals surface area contributed by atoms with E-state index < -0.39 is 6.04 Å². The van der Waals surface area contributed by atoms with Crippen molar-refractivity contribution in [2.24, 2.45) is 0 Å². The van der Waals surface area contributed by atoms with E-state index in [1.807, 2.05) is 58.0 Å². The summed E-state index contributed by atoms with van der Waals surface area (Å²) < 4.78 is 19.2. The van der Waals surface area contributed by atoms with Crippen LogP contribution in [0.4, 0.5) is 14.9 Å². The van der Waals surface area contributed by atoms with Crippen LogP contribution in [0.25, 0.3) is 17.0 Å². The van der Waals surface area contributed by atoms with Crippen molar-refractivity contribution in [3.8, 4) is 11.4 Å². The molecule has 6 nitrogen and oxygen atoms in total. The van der Waals surface area contributed by atoms with Crippen molar-refractivity contribution in [1.29, 1.82) is 0 Å². The summed E-state index contributed by atoms with van der Waals surface area (Å²) in [6, 6.07) is 17.2. The zero-order valence-electron chi connectivity index (χ0n) is 20.9. The first-order valence-corrected chi connectivity index (χ1v) is 11.8. The van der Waals surface area contributed by atoms with Crippen LogP contribution in [0.15, 0.2) is 70.9 Å². The third-order valence-corrected chi connectivity index (χ3v) is 6.86. The molecule has 5 rings (SSSR count). The van der Waals surface area contributed by atoms with Crippen LogP contribution >= 0.6 is 0 Å². The largest absolute Gasteiger partial charge is 0.334 e. The molecule has 4 aromatic rings. The number of urea groups is 1. The summed E-state index contributed by atoms with van der Waals surface area (Å²) >= 11 is 0. The van der Waals surface area contributed by atoms with E-state index in [1.165, 1.54) is 12.1 Å². The van der Waals surface area contributed by atoms with Crippen LogP contribution in [0.5, 0.6) is 0 Å². The highest BCUT2D eigenvalue weighted by molar-refractivity contribution is 6.01. The molecule has 0 fully saturated rings. The number of halogens is 1. The fraction of sp³-hybridized carbons (Fsp3) is 0.207. The van der Waals surface area contributed by atoms with Crippen molar-refractivity contribution in [2.75, 3.05) is 4.90 Å². The molecule has 182 valence electrons. The quantitative estimate of drug-likeness (QED) is 0.347. The SMILES string of the molecule is CC1=C(c2nc(-c3ccc(F)cc3)no2)C(c2ccc(C)c(C)c2)NC(=O)N1c1ccc(C)c(C)c1. The van der Waals surface area contributed by atoms with E-state index in [0.717, 1.165) is 33.5 Å². The molecular weight excluding hydrogens is 455 g/mol. The zero-order chi connectivity index (χ0) is 25.6. The summed E-state index contributed by atoms with van der Waals surface area (Å²) in [6.07, 6.45) is 0. The van der Waals surface area contributed by atoms with Gasteiger partial charge in [0.1, 0.15) is 5.82 Å². The van der Waals surface area contributed by atoms with Gasteiger partial charge in [-0.1, -0.05) is 29.4 Å². The van der Waals surface area contributed by atoms with Crippen LogP contribution in [0.2, 0.25) is 0 Å². The Kier molecular flexibility index (Phi) is 5.92. The monoisotopic (exact) mass is 482 g/mol. The second kappa shape index (κ2) is 9.07. The van der Waals surface area contributed by atoms with Gasteiger partial charge in [0.25, 0.3) is 5.89 Å². The lowest BCUT2D eigenvalue weighted by Gasteiger charge is -2.35. The maximum Gasteiger partial charge on any atom is 0.326 e. The van der Waals surface area contributed by atoms with Gasteiger partial charge < -0.3 is 9.84 Å². The lowest BCUT2D eigenvalue weighted by molar-refractivity contribution is 0.244. The Morgan fingerprint density at radius 2 is 1.53 bits per heavy atom. The standard InChI is InChI=1S/C29H27FN4O2/c1-16-6-8-22(14-18(16)3)26-25(28-32-27(33-36-28)21-9-11-23(30)12-10-21)20(5)34(29(35)31-26)24-13-7-17(2)19(4)15-24/h6-15,26H,1-5H3,(H,31,35). The van der Waals surface area contributed by atoms with Gasteiger partial charge in [-0.05, 0) is 98.8 Å². The van der Waals surface area contributed by atoms with E-state index in [-0.39, 0.29) is 11.8 Å². The van der Waals surface area contributed by atoms with E-state index >= 15 is 0 Å². The number of carbonyl (C=O) groups excluding carboxylic acids is 1. The Labute approximate surface area is 209 Å². The summed E-state index contributed by atoms with van der Waals surface area (Å²) in [7, 11) is 0. The molecule has 0 aliphatic carbocycles. The number of aromatic nitrogens is 2. The van der Waals surface area contributed by atoms with Gasteiger partial charge >= 0.3 is 6.03 Å². The van der Waals surface area contributed by atoms with Crippen molar-refractivity contribution in [2.45, 2.75) is 40.7 Å². The Balaban J connectivity index is 1.67. The summed E-state index contributed by atoms with van der Waals surface area (Å²) in [5, 5.41) is 7.30. The number of rotatable bonds is 4. The zero-order valence-corrected chi connectivity index (χ0v) is 20.9. The molecule has 0 spiro atoms. The van der Waals surface area contributed by atoms with Crippen molar-refractivity contribution in [3.63, 3.8) is 0 Å². The molecule has 1 aliphatic heterocycles. The number of nitrogens with zero attached hydrogens (tertiary/aromatic N) is 3. The molecule has 1 N–H and O–H groups in total. The van der Waals surface area contributed by atoms with Gasteiger partial charge in [-0.15, -0.1) is 0 Å². The minimum Gasteiger partial charge on any atom is -0.334 e. The fourth-order valence-electron chi connectivity index (χ4n) is 4.44. The predicted molar refractivity (Wildman–Crippen MR) is 138 cm³/mol. The molecule has 0 saturated heterocycles. The van der Waals surface area contributed by atoms with Crippen LogP contribution in [0.1, 0.15) is 46.7 Å². The Bertz CT molecular complexity index is 1500. The van der Waals surface area contributed by atoms with E-state index in [2.05, 4.69) is 28.4 Å². The Morgan fingerprint density at radius 1 is 0.861 bits per heavy atom. The third-order valence-electron chi connectivity index (χ3n) is 6.86. The van der Waals surface area contributed by atoms with Crippen LogP contribution in [-0.4, -0.2) is 16.2 Å². The first kappa shape index (κ1) is 23.5. The van der Waals surface area contributed by atoms with Crippen molar-refractivity contribution in [3.05, 3.63) is 106 Å². The molecule has 1 atom stereocenters. The van der Waals surface area contributed by atoms with Gasteiger partial charge in [-0.25, -0.2) is 9.18 Å². The Morgan fingerprint density at radius 3 is 2.19 bits per heavy atom. The van der Waals surface area contributed by atoms with E-state index in [4.69, 9.17) is 4.52 Å². The van der Waals surface area contributed by atoms with Crippen molar-refractivity contribution < 1.29 is 13.7 Å². The van der Waals surface area contributed by atoms with Crippen LogP contribution in [-0.2, 0) is 0 Å². The third kappa shape index (κ3) is 4.17. The average Bonchev–Trinajstić information content (AvgIpc) is 3.33. The number of anilines is 1. The first-order chi connectivity index (χ1) is 17.2. The van der Waals surface area contributed by atoms with Gasteiger partial charge in [0.2, 0.25) is 5.82 Å². The predicted octanol–water partition coefficient (Wildman–Crippen LogP) is 6.81. The number of hydrogen-bond acceptors (Lipinski definition) is 4. The minimum atomic E-state index is -0.485. The van der Waals surface area contributed by atoms with Crippen molar-refractivity contribution in [1.82, 2.24) is 15.5 Å².